The molecule has 126 valence electrons. The maximum Gasteiger partial charge on any atom is 0.420 e. The third kappa shape index (κ3) is 6.65. The van der Waals surface area contributed by atoms with E-state index in [9.17, 15) is 9.59 Å². The molecule has 0 aliphatic heterocycles. The SMILES string of the molecule is CC(C)(C)OC(=O)N(Cc1csc(C#N)n1)C(=O)OC(C)(C)C. The third-order valence-corrected chi connectivity index (χ3v) is 2.99. The average Bonchev–Trinajstić information content (AvgIpc) is 2.79. The number of rotatable bonds is 2. The fraction of sp³-hybridized carbons (Fsp3) is 0.600. The Balaban J connectivity index is 2.98. The molecule has 8 heteroatoms. The standard InChI is InChI=1S/C15H21N3O4S/c1-14(2,3)21-12(19)18(13(20)22-15(4,5)6)8-10-9-23-11(7-16)17-10/h9H,8H2,1-6H3. The number of hydrogen-bond donors (Lipinski definition) is 0. The van der Waals surface area contributed by atoms with Crippen LogP contribution in [-0.4, -0.2) is 33.3 Å². The summed E-state index contributed by atoms with van der Waals surface area (Å²) in [6.07, 6.45) is -1.64. The van der Waals surface area contributed by atoms with E-state index in [0.29, 0.717) is 5.69 Å². The van der Waals surface area contributed by atoms with Crippen LogP contribution < -0.4 is 0 Å². The zero-order valence-corrected chi connectivity index (χ0v) is 15.0. The molecule has 0 atom stereocenters. The molecule has 1 aromatic heterocycles. The summed E-state index contributed by atoms with van der Waals surface area (Å²) in [6.45, 7) is 10.1. The number of nitriles is 1. The van der Waals surface area contributed by atoms with E-state index in [0.717, 1.165) is 16.2 Å². The predicted molar refractivity (Wildman–Crippen MR) is 84.8 cm³/mol. The molecule has 0 radical (unpaired) electrons. The van der Waals surface area contributed by atoms with Crippen molar-refractivity contribution in [3.63, 3.8) is 0 Å². The van der Waals surface area contributed by atoms with Crippen LogP contribution in [0.4, 0.5) is 9.59 Å². The summed E-state index contributed by atoms with van der Waals surface area (Å²) in [6, 6.07) is 1.91. The first-order valence-electron chi connectivity index (χ1n) is 6.99. The number of hydrogen-bond acceptors (Lipinski definition) is 7. The van der Waals surface area contributed by atoms with Crippen LogP contribution in [-0.2, 0) is 16.0 Å². The summed E-state index contributed by atoms with van der Waals surface area (Å²) in [4.78, 5) is 29.4. The number of aromatic nitrogens is 1. The molecule has 0 unspecified atom stereocenters. The molecule has 1 rings (SSSR count). The molecule has 0 bridgehead atoms. The molecule has 1 heterocycles. The summed E-state index contributed by atoms with van der Waals surface area (Å²) < 4.78 is 10.5. The smallest absolute Gasteiger partial charge is 0.420 e. The number of ether oxygens (including phenoxy) is 2. The van der Waals surface area contributed by atoms with Crippen LogP contribution in [0, 0.1) is 11.3 Å². The summed E-state index contributed by atoms with van der Waals surface area (Å²) in [5, 5.41) is 10.7. The van der Waals surface area contributed by atoms with Crippen LogP contribution >= 0.6 is 11.3 Å². The van der Waals surface area contributed by atoms with Gasteiger partial charge in [0.15, 0.2) is 5.01 Å². The van der Waals surface area contributed by atoms with E-state index in [2.05, 4.69) is 4.98 Å². The average molecular weight is 339 g/mol. The first-order chi connectivity index (χ1) is 10.4. The summed E-state index contributed by atoms with van der Waals surface area (Å²) in [7, 11) is 0. The molecule has 0 saturated heterocycles. The third-order valence-electron chi connectivity index (χ3n) is 2.20. The molecule has 0 fully saturated rings. The zero-order chi connectivity index (χ0) is 17.8. The highest BCUT2D eigenvalue weighted by Crippen LogP contribution is 2.18. The lowest BCUT2D eigenvalue weighted by Gasteiger charge is -2.28. The molecule has 0 spiro atoms. The van der Waals surface area contributed by atoms with Crippen molar-refractivity contribution in [2.45, 2.75) is 59.3 Å². The van der Waals surface area contributed by atoms with Gasteiger partial charge < -0.3 is 9.47 Å². The predicted octanol–water partition coefficient (Wildman–Crippen LogP) is 3.69. The van der Waals surface area contributed by atoms with Crippen LogP contribution in [0.25, 0.3) is 0 Å². The molecular weight excluding hydrogens is 318 g/mol. The van der Waals surface area contributed by atoms with Crippen LogP contribution in [0.5, 0.6) is 0 Å². The second-order valence-corrected chi connectivity index (χ2v) is 7.66. The van der Waals surface area contributed by atoms with E-state index in [1.807, 2.05) is 6.07 Å². The van der Waals surface area contributed by atoms with Gasteiger partial charge >= 0.3 is 12.2 Å². The van der Waals surface area contributed by atoms with E-state index in [4.69, 9.17) is 14.7 Å². The Morgan fingerprint density at radius 1 is 1.17 bits per heavy atom. The van der Waals surface area contributed by atoms with Crippen molar-refractivity contribution >= 4 is 23.5 Å². The maximum atomic E-state index is 12.3. The van der Waals surface area contributed by atoms with Crippen LogP contribution in [0.15, 0.2) is 5.38 Å². The number of amides is 2. The normalized spacial score (nSPS) is 11.5. The quantitative estimate of drug-likeness (QED) is 0.816. The molecule has 23 heavy (non-hydrogen) atoms. The van der Waals surface area contributed by atoms with Gasteiger partial charge in [-0.05, 0) is 41.5 Å². The van der Waals surface area contributed by atoms with Gasteiger partial charge in [0.25, 0.3) is 0 Å². The Kier molecular flexibility index (Phi) is 5.72. The van der Waals surface area contributed by atoms with E-state index in [1.54, 1.807) is 46.9 Å². The van der Waals surface area contributed by atoms with Gasteiger partial charge in [-0.1, -0.05) is 0 Å². The molecule has 0 N–H and O–H groups in total. The lowest BCUT2D eigenvalue weighted by Crippen LogP contribution is -2.43. The molecule has 1 aromatic rings. The Morgan fingerprint density at radius 2 is 1.65 bits per heavy atom. The van der Waals surface area contributed by atoms with Gasteiger partial charge in [-0.25, -0.2) is 19.5 Å². The van der Waals surface area contributed by atoms with Crippen molar-refractivity contribution in [2.75, 3.05) is 0 Å². The van der Waals surface area contributed by atoms with Gasteiger partial charge in [0.2, 0.25) is 0 Å². The summed E-state index contributed by atoms with van der Waals surface area (Å²) >= 11 is 1.14. The van der Waals surface area contributed by atoms with Gasteiger partial charge in [-0.3, -0.25) is 0 Å². The first kappa shape index (κ1) is 18.9. The molecular formula is C15H21N3O4S. The Morgan fingerprint density at radius 3 is 2.00 bits per heavy atom. The lowest BCUT2D eigenvalue weighted by atomic mass is 10.2. The van der Waals surface area contributed by atoms with Crippen LogP contribution in [0.3, 0.4) is 0 Å². The minimum atomic E-state index is -0.821. The Bertz CT molecular complexity index is 592. The topological polar surface area (TPSA) is 92.5 Å². The molecule has 0 aliphatic rings. The van der Waals surface area contributed by atoms with E-state index in [-0.39, 0.29) is 11.6 Å². The summed E-state index contributed by atoms with van der Waals surface area (Å²) in [5.41, 5.74) is -1.09. The highest BCUT2D eigenvalue weighted by atomic mass is 32.1. The highest BCUT2D eigenvalue weighted by Gasteiger charge is 2.31. The van der Waals surface area contributed by atoms with Crippen LogP contribution in [0.2, 0.25) is 0 Å². The number of imide groups is 1. The van der Waals surface area contributed by atoms with Gasteiger partial charge in [0.05, 0.1) is 12.2 Å². The monoisotopic (exact) mass is 339 g/mol. The molecule has 0 aliphatic carbocycles. The minimum Gasteiger partial charge on any atom is -0.443 e. The molecule has 2 amide bonds. The van der Waals surface area contributed by atoms with Gasteiger partial charge in [0, 0.05) is 5.38 Å². The first-order valence-corrected chi connectivity index (χ1v) is 7.87. The number of carbonyl (C=O) groups excluding carboxylic acids is 2. The van der Waals surface area contributed by atoms with Gasteiger partial charge in [-0.2, -0.15) is 5.26 Å². The molecule has 0 saturated carbocycles. The van der Waals surface area contributed by atoms with Crippen LogP contribution in [0.1, 0.15) is 52.2 Å². The Labute approximate surface area is 139 Å². The van der Waals surface area contributed by atoms with Crippen molar-refractivity contribution in [1.82, 2.24) is 9.88 Å². The van der Waals surface area contributed by atoms with Crippen molar-refractivity contribution in [1.29, 1.82) is 5.26 Å². The minimum absolute atomic E-state index is 0.123. The van der Waals surface area contributed by atoms with Crippen molar-refractivity contribution in [2.24, 2.45) is 0 Å². The zero-order valence-electron chi connectivity index (χ0n) is 14.2. The lowest BCUT2D eigenvalue weighted by molar-refractivity contribution is -0.000449. The van der Waals surface area contributed by atoms with Crippen molar-refractivity contribution < 1.29 is 19.1 Å². The largest absolute Gasteiger partial charge is 0.443 e. The second kappa shape index (κ2) is 6.96. The van der Waals surface area contributed by atoms with Crippen molar-refractivity contribution in [3.8, 4) is 6.07 Å². The fourth-order valence-electron chi connectivity index (χ4n) is 1.43. The number of nitrogens with zero attached hydrogens (tertiary/aromatic N) is 3. The maximum absolute atomic E-state index is 12.3. The van der Waals surface area contributed by atoms with Gasteiger partial charge in [-0.15, -0.1) is 11.3 Å². The van der Waals surface area contributed by atoms with Crippen molar-refractivity contribution in [3.05, 3.63) is 16.1 Å². The van der Waals surface area contributed by atoms with E-state index >= 15 is 0 Å². The summed E-state index contributed by atoms with van der Waals surface area (Å²) in [5.74, 6) is 0. The molecule has 7 nitrogen and oxygen atoms in total. The van der Waals surface area contributed by atoms with Gasteiger partial charge in [0.1, 0.15) is 17.3 Å². The Hall–Kier alpha value is -2.14. The fourth-order valence-corrected chi connectivity index (χ4v) is 2.03. The van der Waals surface area contributed by atoms with E-state index in [1.165, 1.54) is 0 Å². The highest BCUT2D eigenvalue weighted by molar-refractivity contribution is 7.10. The number of thiazole rings is 1. The van der Waals surface area contributed by atoms with E-state index < -0.39 is 23.4 Å². The second-order valence-electron chi connectivity index (χ2n) is 6.80. The number of carbonyl (C=O) groups is 2. The molecule has 0 aromatic carbocycles.